The quantitative estimate of drug-likeness (QED) is 0.404. The highest BCUT2D eigenvalue weighted by Gasteiger charge is 1.89. The second kappa shape index (κ2) is 3.22. The van der Waals surface area contributed by atoms with Gasteiger partial charge < -0.3 is 4.79 Å². The molecule has 0 amide bonds. The van der Waals surface area contributed by atoms with Crippen LogP contribution in [0.5, 0.6) is 0 Å². The van der Waals surface area contributed by atoms with Crippen molar-refractivity contribution in [3.63, 3.8) is 0 Å². The zero-order valence-corrected chi connectivity index (χ0v) is 4.61. The van der Waals surface area contributed by atoms with Crippen LogP contribution in [-0.4, -0.2) is 12.0 Å². The van der Waals surface area contributed by atoms with Crippen molar-refractivity contribution in [3.8, 4) is 0 Å². The molecule has 0 aromatic carbocycles. The normalized spacial score (nSPS) is 13.7. The van der Waals surface area contributed by atoms with E-state index in [9.17, 15) is 4.79 Å². The van der Waals surface area contributed by atoms with Gasteiger partial charge in [0.05, 0.1) is 0 Å². The number of carbonyl (C=O) groups excluding carboxylic acids is 1. The van der Waals surface area contributed by atoms with Gasteiger partial charge in [-0.25, -0.2) is 0 Å². The monoisotopic (exact) mass is 104 g/mol. The molecule has 0 fully saturated rings. The van der Waals surface area contributed by atoms with Gasteiger partial charge in [0.2, 0.25) is 0 Å². The molecule has 0 spiro atoms. The van der Waals surface area contributed by atoms with E-state index in [-0.39, 0.29) is 5.92 Å². The topological polar surface area (TPSA) is 17.1 Å². The maximum atomic E-state index is 9.69. The number of thiol groups is 1. The van der Waals surface area contributed by atoms with Crippen LogP contribution in [0.4, 0.5) is 0 Å². The first-order valence-corrected chi connectivity index (χ1v) is 2.50. The van der Waals surface area contributed by atoms with Gasteiger partial charge in [0.1, 0.15) is 6.29 Å². The third-order valence-electron chi connectivity index (χ3n) is 0.520. The maximum absolute atomic E-state index is 9.69. The Morgan fingerprint density at radius 1 is 2.00 bits per heavy atom. The molecule has 0 aromatic rings. The standard InChI is InChI=1S/C4H8OS/c1-4(2-5)3-6/h2,4,6H,3H2,1H3/t4-/m0/s1. The Balaban J connectivity index is 2.96. The van der Waals surface area contributed by atoms with Gasteiger partial charge in [-0.05, 0) is 5.75 Å². The highest BCUT2D eigenvalue weighted by Crippen LogP contribution is 1.88. The Labute approximate surface area is 43.2 Å². The molecular weight excluding hydrogens is 96.1 g/mol. The number of hydrogen-bond acceptors (Lipinski definition) is 2. The fraction of sp³-hybridized carbons (Fsp3) is 0.750. The fourth-order valence-electron chi connectivity index (χ4n) is 0.0430. The van der Waals surface area contributed by atoms with Crippen LogP contribution in [0.1, 0.15) is 6.92 Å². The van der Waals surface area contributed by atoms with Crippen LogP contribution in [0.2, 0.25) is 0 Å². The zero-order valence-electron chi connectivity index (χ0n) is 3.72. The van der Waals surface area contributed by atoms with E-state index in [1.807, 2.05) is 6.92 Å². The van der Waals surface area contributed by atoms with Crippen molar-refractivity contribution in [1.82, 2.24) is 0 Å². The van der Waals surface area contributed by atoms with Crippen molar-refractivity contribution in [1.29, 1.82) is 0 Å². The van der Waals surface area contributed by atoms with Gasteiger partial charge in [0.25, 0.3) is 0 Å². The minimum Gasteiger partial charge on any atom is -0.303 e. The van der Waals surface area contributed by atoms with E-state index in [2.05, 4.69) is 12.6 Å². The molecule has 6 heavy (non-hydrogen) atoms. The van der Waals surface area contributed by atoms with Crippen LogP contribution in [0, 0.1) is 5.92 Å². The molecule has 0 aliphatic carbocycles. The predicted molar refractivity (Wildman–Crippen MR) is 29.1 cm³/mol. The Hall–Kier alpha value is 0.0200. The third kappa shape index (κ3) is 2.27. The maximum Gasteiger partial charge on any atom is 0.123 e. The molecule has 1 atom stereocenters. The van der Waals surface area contributed by atoms with Crippen LogP contribution >= 0.6 is 12.6 Å². The first-order chi connectivity index (χ1) is 2.81. The largest absolute Gasteiger partial charge is 0.303 e. The molecule has 36 valence electrons. The number of rotatable bonds is 2. The second-order valence-corrected chi connectivity index (χ2v) is 1.66. The van der Waals surface area contributed by atoms with Crippen LogP contribution in [-0.2, 0) is 4.79 Å². The second-order valence-electron chi connectivity index (χ2n) is 1.30. The van der Waals surface area contributed by atoms with Crippen LogP contribution in [0.15, 0.2) is 0 Å². The van der Waals surface area contributed by atoms with Gasteiger partial charge in [0.15, 0.2) is 0 Å². The van der Waals surface area contributed by atoms with E-state index in [1.165, 1.54) is 0 Å². The summed E-state index contributed by atoms with van der Waals surface area (Å²) in [7, 11) is 0. The number of hydrogen-bond donors (Lipinski definition) is 1. The summed E-state index contributed by atoms with van der Waals surface area (Å²) >= 11 is 3.86. The summed E-state index contributed by atoms with van der Waals surface area (Å²) in [6.07, 6.45) is 0.896. The van der Waals surface area contributed by atoms with Crippen LogP contribution < -0.4 is 0 Å². The van der Waals surface area contributed by atoms with Gasteiger partial charge >= 0.3 is 0 Å². The van der Waals surface area contributed by atoms with E-state index in [0.29, 0.717) is 5.75 Å². The van der Waals surface area contributed by atoms with Gasteiger partial charge in [-0.3, -0.25) is 0 Å². The molecule has 0 aliphatic rings. The Bertz CT molecular complexity index is 44.8. The summed E-state index contributed by atoms with van der Waals surface area (Å²) in [5.74, 6) is 0.775. The van der Waals surface area contributed by atoms with Crippen LogP contribution in [0.25, 0.3) is 0 Å². The van der Waals surface area contributed by atoms with Crippen LogP contribution in [0.3, 0.4) is 0 Å². The SMILES string of the molecule is C[C@@H](C=O)CS. The number of aldehydes is 1. The highest BCUT2D eigenvalue weighted by molar-refractivity contribution is 7.80. The van der Waals surface area contributed by atoms with Crippen molar-refractivity contribution >= 4 is 18.9 Å². The summed E-state index contributed by atoms with van der Waals surface area (Å²) in [6.45, 7) is 1.83. The van der Waals surface area contributed by atoms with Crippen molar-refractivity contribution in [3.05, 3.63) is 0 Å². The lowest BCUT2D eigenvalue weighted by molar-refractivity contribution is -0.110. The molecule has 0 radical (unpaired) electrons. The lowest BCUT2D eigenvalue weighted by Gasteiger charge is -1.88. The van der Waals surface area contributed by atoms with Crippen molar-refractivity contribution in [2.75, 3.05) is 5.75 Å². The summed E-state index contributed by atoms with van der Waals surface area (Å²) in [5, 5.41) is 0. The van der Waals surface area contributed by atoms with Gasteiger partial charge in [-0.1, -0.05) is 6.92 Å². The van der Waals surface area contributed by atoms with E-state index in [1.54, 1.807) is 0 Å². The first kappa shape index (κ1) is 6.02. The molecule has 1 nitrogen and oxygen atoms in total. The zero-order chi connectivity index (χ0) is 4.99. The molecule has 0 aliphatic heterocycles. The molecule has 0 saturated carbocycles. The Morgan fingerprint density at radius 3 is 2.50 bits per heavy atom. The molecule has 0 saturated heterocycles. The van der Waals surface area contributed by atoms with Gasteiger partial charge in [-0.15, -0.1) is 0 Å². The van der Waals surface area contributed by atoms with E-state index >= 15 is 0 Å². The average Bonchev–Trinajstić information content (AvgIpc) is 1.65. The highest BCUT2D eigenvalue weighted by atomic mass is 32.1. The molecule has 0 unspecified atom stereocenters. The van der Waals surface area contributed by atoms with Gasteiger partial charge in [-0.2, -0.15) is 12.6 Å². The predicted octanol–water partition coefficient (Wildman–Crippen LogP) is 0.751. The number of carbonyl (C=O) groups is 1. The minimum absolute atomic E-state index is 0.119. The van der Waals surface area contributed by atoms with Crippen molar-refractivity contribution < 1.29 is 4.79 Å². The van der Waals surface area contributed by atoms with E-state index in [0.717, 1.165) is 6.29 Å². The van der Waals surface area contributed by atoms with E-state index in [4.69, 9.17) is 0 Å². The molecule has 0 N–H and O–H groups in total. The Morgan fingerprint density at radius 2 is 2.50 bits per heavy atom. The Kier molecular flexibility index (Phi) is 3.23. The molecule has 0 rings (SSSR count). The lowest BCUT2D eigenvalue weighted by atomic mass is 10.3. The molecular formula is C4H8OS. The summed E-state index contributed by atoms with van der Waals surface area (Å²) < 4.78 is 0. The van der Waals surface area contributed by atoms with Crippen molar-refractivity contribution in [2.45, 2.75) is 6.92 Å². The van der Waals surface area contributed by atoms with E-state index < -0.39 is 0 Å². The summed E-state index contributed by atoms with van der Waals surface area (Å²) in [5.41, 5.74) is 0. The molecule has 0 aromatic heterocycles. The molecule has 0 bridgehead atoms. The third-order valence-corrected chi connectivity index (χ3v) is 1.10. The average molecular weight is 104 g/mol. The minimum atomic E-state index is 0.119. The summed E-state index contributed by atoms with van der Waals surface area (Å²) in [4.78, 5) is 9.69. The molecule has 2 heteroatoms. The lowest BCUT2D eigenvalue weighted by Crippen LogP contribution is -1.94. The summed E-state index contributed by atoms with van der Waals surface area (Å²) in [6, 6.07) is 0. The smallest absolute Gasteiger partial charge is 0.123 e. The molecule has 0 heterocycles. The fourth-order valence-corrected chi connectivity index (χ4v) is 0.129. The van der Waals surface area contributed by atoms with Crippen molar-refractivity contribution in [2.24, 2.45) is 5.92 Å². The van der Waals surface area contributed by atoms with Gasteiger partial charge in [0, 0.05) is 5.92 Å². The first-order valence-electron chi connectivity index (χ1n) is 1.87.